The number of aryl methyl sites for hydroxylation is 1. The van der Waals surface area contributed by atoms with Crippen LogP contribution in [-0.2, 0) is 6.42 Å². The van der Waals surface area contributed by atoms with Gasteiger partial charge in [-0.2, -0.15) is 0 Å². The van der Waals surface area contributed by atoms with Crippen LogP contribution in [0.1, 0.15) is 21.5 Å². The van der Waals surface area contributed by atoms with E-state index in [2.05, 4.69) is 6.58 Å². The number of hydrogen-bond acceptors (Lipinski definition) is 1. The zero-order chi connectivity index (χ0) is 9.84. The molecule has 13 heavy (non-hydrogen) atoms. The van der Waals surface area contributed by atoms with Gasteiger partial charge in [0.25, 0.3) is 0 Å². The van der Waals surface area contributed by atoms with Gasteiger partial charge < -0.3 is 5.73 Å². The summed E-state index contributed by atoms with van der Waals surface area (Å²) in [6.07, 6.45) is 2.58. The van der Waals surface area contributed by atoms with Crippen LogP contribution in [-0.4, -0.2) is 5.91 Å². The molecule has 0 aliphatic heterocycles. The van der Waals surface area contributed by atoms with E-state index in [1.54, 1.807) is 6.07 Å². The van der Waals surface area contributed by atoms with E-state index in [4.69, 9.17) is 5.73 Å². The van der Waals surface area contributed by atoms with Gasteiger partial charge in [0, 0.05) is 5.56 Å². The van der Waals surface area contributed by atoms with Crippen LogP contribution in [0.15, 0.2) is 30.9 Å². The van der Waals surface area contributed by atoms with Crippen molar-refractivity contribution in [1.29, 1.82) is 0 Å². The quantitative estimate of drug-likeness (QED) is 0.699. The summed E-state index contributed by atoms with van der Waals surface area (Å²) >= 11 is 0. The van der Waals surface area contributed by atoms with E-state index in [1.165, 1.54) is 0 Å². The molecule has 68 valence electrons. The first-order valence-corrected chi connectivity index (χ1v) is 4.15. The van der Waals surface area contributed by atoms with Gasteiger partial charge in [0.1, 0.15) is 0 Å². The molecule has 0 unspecified atom stereocenters. The molecule has 0 aliphatic carbocycles. The molecule has 2 N–H and O–H groups in total. The fraction of sp³-hybridized carbons (Fsp3) is 0.182. The van der Waals surface area contributed by atoms with E-state index in [1.807, 2.05) is 25.1 Å². The number of allylic oxidation sites excluding steroid dienone is 1. The number of benzene rings is 1. The van der Waals surface area contributed by atoms with Crippen molar-refractivity contribution in [2.75, 3.05) is 0 Å². The average Bonchev–Trinajstić information content (AvgIpc) is 2.08. The largest absolute Gasteiger partial charge is 0.366 e. The first-order chi connectivity index (χ1) is 6.15. The van der Waals surface area contributed by atoms with Gasteiger partial charge in [-0.1, -0.05) is 12.1 Å². The van der Waals surface area contributed by atoms with E-state index in [-0.39, 0.29) is 5.91 Å². The number of primary amides is 1. The van der Waals surface area contributed by atoms with Crippen LogP contribution in [0.25, 0.3) is 0 Å². The average molecular weight is 175 g/mol. The highest BCUT2D eigenvalue weighted by Crippen LogP contribution is 2.11. The Morgan fingerprint density at radius 2 is 2.31 bits per heavy atom. The number of rotatable bonds is 3. The molecule has 0 aliphatic rings. The first-order valence-electron chi connectivity index (χ1n) is 4.15. The Balaban J connectivity index is 3.10. The van der Waals surface area contributed by atoms with Crippen molar-refractivity contribution in [3.05, 3.63) is 47.5 Å². The van der Waals surface area contributed by atoms with Crippen molar-refractivity contribution in [3.8, 4) is 0 Å². The molecule has 0 saturated heterocycles. The summed E-state index contributed by atoms with van der Waals surface area (Å²) in [5.74, 6) is -0.384. The van der Waals surface area contributed by atoms with Gasteiger partial charge in [-0.15, -0.1) is 6.58 Å². The molecule has 0 radical (unpaired) electrons. The van der Waals surface area contributed by atoms with E-state index in [9.17, 15) is 4.79 Å². The molecule has 0 bridgehead atoms. The molecular weight excluding hydrogens is 162 g/mol. The highest BCUT2D eigenvalue weighted by atomic mass is 16.1. The minimum absolute atomic E-state index is 0.384. The molecule has 0 saturated carbocycles. The number of hydrogen-bond donors (Lipinski definition) is 1. The molecule has 2 nitrogen and oxygen atoms in total. The highest BCUT2D eigenvalue weighted by molar-refractivity contribution is 5.93. The van der Waals surface area contributed by atoms with Crippen molar-refractivity contribution >= 4 is 5.91 Å². The highest BCUT2D eigenvalue weighted by Gasteiger charge is 2.02. The lowest BCUT2D eigenvalue weighted by Gasteiger charge is -2.04. The third-order valence-corrected chi connectivity index (χ3v) is 2.00. The molecule has 0 spiro atoms. The van der Waals surface area contributed by atoms with E-state index < -0.39 is 0 Å². The van der Waals surface area contributed by atoms with Crippen LogP contribution >= 0.6 is 0 Å². The van der Waals surface area contributed by atoms with Crippen LogP contribution < -0.4 is 5.73 Å². The minimum Gasteiger partial charge on any atom is -0.366 e. The Labute approximate surface area is 78.1 Å². The molecule has 0 heterocycles. The molecule has 0 fully saturated rings. The summed E-state index contributed by atoms with van der Waals surface area (Å²) in [5, 5.41) is 0. The SMILES string of the molecule is C=CCc1cc(C(N)=O)ccc1C. The van der Waals surface area contributed by atoms with Crippen molar-refractivity contribution in [2.45, 2.75) is 13.3 Å². The summed E-state index contributed by atoms with van der Waals surface area (Å²) in [6.45, 7) is 5.66. The molecule has 1 aromatic carbocycles. The third kappa shape index (κ3) is 2.18. The lowest BCUT2D eigenvalue weighted by atomic mass is 10.0. The lowest BCUT2D eigenvalue weighted by molar-refractivity contribution is 0.1000. The number of carbonyl (C=O) groups is 1. The standard InChI is InChI=1S/C11H13NO/c1-3-4-9-7-10(11(12)13)6-5-8(9)2/h3,5-7H,1,4H2,2H3,(H2,12,13). The van der Waals surface area contributed by atoms with Gasteiger partial charge in [0.05, 0.1) is 0 Å². The fourth-order valence-electron chi connectivity index (χ4n) is 1.20. The Kier molecular flexibility index (Phi) is 2.85. The van der Waals surface area contributed by atoms with Gasteiger partial charge >= 0.3 is 0 Å². The maximum atomic E-state index is 10.9. The van der Waals surface area contributed by atoms with Gasteiger partial charge in [-0.05, 0) is 36.6 Å². The Morgan fingerprint density at radius 3 is 2.85 bits per heavy atom. The summed E-state index contributed by atoms with van der Waals surface area (Å²) < 4.78 is 0. The molecule has 2 heteroatoms. The second kappa shape index (κ2) is 3.90. The van der Waals surface area contributed by atoms with Crippen LogP contribution in [0, 0.1) is 6.92 Å². The van der Waals surface area contributed by atoms with Crippen molar-refractivity contribution < 1.29 is 4.79 Å². The van der Waals surface area contributed by atoms with Crippen molar-refractivity contribution in [1.82, 2.24) is 0 Å². The summed E-state index contributed by atoms with van der Waals surface area (Å²) in [6, 6.07) is 5.46. The van der Waals surface area contributed by atoms with Crippen LogP contribution in [0.4, 0.5) is 0 Å². The van der Waals surface area contributed by atoms with Crippen LogP contribution in [0.2, 0.25) is 0 Å². The van der Waals surface area contributed by atoms with Gasteiger partial charge in [0.2, 0.25) is 5.91 Å². The molecule has 1 amide bonds. The fourth-order valence-corrected chi connectivity index (χ4v) is 1.20. The summed E-state index contributed by atoms with van der Waals surface area (Å²) in [5.41, 5.74) is 7.98. The molecule has 1 rings (SSSR count). The Bertz CT molecular complexity index is 342. The lowest BCUT2D eigenvalue weighted by Crippen LogP contribution is -2.11. The van der Waals surface area contributed by atoms with Gasteiger partial charge in [0.15, 0.2) is 0 Å². The monoisotopic (exact) mass is 175 g/mol. The maximum absolute atomic E-state index is 10.9. The van der Waals surface area contributed by atoms with Crippen molar-refractivity contribution in [3.63, 3.8) is 0 Å². The zero-order valence-corrected chi connectivity index (χ0v) is 7.71. The topological polar surface area (TPSA) is 43.1 Å². The predicted octanol–water partition coefficient (Wildman–Crippen LogP) is 1.82. The number of nitrogens with two attached hydrogens (primary N) is 1. The van der Waals surface area contributed by atoms with Crippen molar-refractivity contribution in [2.24, 2.45) is 5.73 Å². The molecule has 0 aromatic heterocycles. The Morgan fingerprint density at radius 1 is 1.62 bits per heavy atom. The summed E-state index contributed by atoms with van der Waals surface area (Å²) in [7, 11) is 0. The second-order valence-electron chi connectivity index (χ2n) is 3.00. The smallest absolute Gasteiger partial charge is 0.248 e. The third-order valence-electron chi connectivity index (χ3n) is 2.00. The zero-order valence-electron chi connectivity index (χ0n) is 7.71. The van der Waals surface area contributed by atoms with Gasteiger partial charge in [-0.3, -0.25) is 4.79 Å². The normalized spacial score (nSPS) is 9.62. The maximum Gasteiger partial charge on any atom is 0.248 e. The minimum atomic E-state index is -0.384. The number of carbonyl (C=O) groups excluding carboxylic acids is 1. The van der Waals surface area contributed by atoms with E-state index >= 15 is 0 Å². The molecule has 1 aromatic rings. The Hall–Kier alpha value is -1.57. The molecular formula is C11H13NO. The van der Waals surface area contributed by atoms with E-state index in [0.717, 1.165) is 17.5 Å². The first kappa shape index (κ1) is 9.52. The van der Waals surface area contributed by atoms with E-state index in [0.29, 0.717) is 5.56 Å². The predicted molar refractivity (Wildman–Crippen MR) is 53.6 cm³/mol. The number of amides is 1. The van der Waals surface area contributed by atoms with Gasteiger partial charge in [-0.25, -0.2) is 0 Å². The second-order valence-corrected chi connectivity index (χ2v) is 3.00. The van der Waals surface area contributed by atoms with Crippen LogP contribution in [0.3, 0.4) is 0 Å². The summed E-state index contributed by atoms with van der Waals surface area (Å²) in [4.78, 5) is 10.9. The van der Waals surface area contributed by atoms with Crippen LogP contribution in [0.5, 0.6) is 0 Å². The molecule has 0 atom stereocenters.